The molecule has 4 nitrogen and oxygen atoms in total. The van der Waals surface area contributed by atoms with E-state index in [0.29, 0.717) is 5.88 Å². The van der Waals surface area contributed by atoms with Crippen LogP contribution in [-0.4, -0.2) is 12.1 Å². The highest BCUT2D eigenvalue weighted by Gasteiger charge is 2.48. The van der Waals surface area contributed by atoms with Gasteiger partial charge in [-0.05, 0) is 31.4 Å². The van der Waals surface area contributed by atoms with Crippen molar-refractivity contribution in [1.29, 1.82) is 5.26 Å². The largest absolute Gasteiger partial charge is 0.481 e. The topological polar surface area (TPSA) is 71.9 Å². The molecule has 2 bridgehead atoms. The molecule has 1 aromatic rings. The predicted molar refractivity (Wildman–Crippen MR) is 71.3 cm³/mol. The van der Waals surface area contributed by atoms with Gasteiger partial charge in [0.15, 0.2) is 0 Å². The number of hydrogen-bond donors (Lipinski definition) is 1. The zero-order chi connectivity index (χ0) is 13.6. The molecule has 0 saturated carbocycles. The van der Waals surface area contributed by atoms with Crippen molar-refractivity contribution in [3.05, 3.63) is 35.0 Å². The van der Waals surface area contributed by atoms with Gasteiger partial charge in [0.25, 0.3) is 0 Å². The van der Waals surface area contributed by atoms with Crippen LogP contribution in [0.1, 0.15) is 24.6 Å². The normalized spacial score (nSPS) is 32.0. The number of nitrogens with zero attached hydrogens (tertiary/aromatic N) is 2. The minimum absolute atomic E-state index is 0.163. The van der Waals surface area contributed by atoms with Gasteiger partial charge in [0.2, 0.25) is 5.88 Å². The third-order valence-corrected chi connectivity index (χ3v) is 4.28. The number of nitrogens with two attached hydrogens (primary N) is 1. The lowest BCUT2D eigenvalue weighted by molar-refractivity contribution is 0.225. The van der Waals surface area contributed by atoms with E-state index in [-0.39, 0.29) is 11.8 Å². The maximum Gasteiger partial charge on any atom is 0.213 e. The lowest BCUT2D eigenvalue weighted by Crippen LogP contribution is -2.52. The summed E-state index contributed by atoms with van der Waals surface area (Å²) in [5, 5.41) is 9.47. The second kappa shape index (κ2) is 4.07. The van der Waals surface area contributed by atoms with Crippen LogP contribution in [0.4, 0.5) is 0 Å². The van der Waals surface area contributed by atoms with Crippen LogP contribution < -0.4 is 10.5 Å². The Labute approximate surface area is 112 Å². The van der Waals surface area contributed by atoms with Gasteiger partial charge >= 0.3 is 0 Å². The van der Waals surface area contributed by atoms with Crippen LogP contribution in [0.5, 0.6) is 5.88 Å². The zero-order valence-electron chi connectivity index (χ0n) is 11.2. The van der Waals surface area contributed by atoms with E-state index in [1.54, 1.807) is 7.11 Å². The van der Waals surface area contributed by atoms with Crippen LogP contribution in [0.2, 0.25) is 0 Å². The first-order chi connectivity index (χ1) is 9.08. The van der Waals surface area contributed by atoms with Gasteiger partial charge in [-0.1, -0.05) is 11.6 Å². The van der Waals surface area contributed by atoms with Crippen LogP contribution in [0, 0.1) is 23.2 Å². The fourth-order valence-electron chi connectivity index (χ4n) is 3.52. The smallest absolute Gasteiger partial charge is 0.213 e. The first-order valence-electron chi connectivity index (χ1n) is 6.48. The molecule has 3 atom stereocenters. The van der Waals surface area contributed by atoms with Gasteiger partial charge in [-0.15, -0.1) is 0 Å². The predicted octanol–water partition coefficient (Wildman–Crippen LogP) is 1.91. The minimum Gasteiger partial charge on any atom is -0.481 e. The highest BCUT2D eigenvalue weighted by molar-refractivity contribution is 5.42. The molecule has 98 valence electrons. The fraction of sp³-hybridized carbons (Fsp3) is 0.467. The van der Waals surface area contributed by atoms with Crippen LogP contribution in [-0.2, 0) is 12.0 Å². The minimum atomic E-state index is -0.606. The molecule has 2 N–H and O–H groups in total. The van der Waals surface area contributed by atoms with E-state index in [9.17, 15) is 5.26 Å². The van der Waals surface area contributed by atoms with Gasteiger partial charge in [0.1, 0.15) is 0 Å². The number of ether oxygens (including phenoxy) is 1. The third-order valence-electron chi connectivity index (χ3n) is 4.28. The van der Waals surface area contributed by atoms with E-state index in [0.717, 1.165) is 24.1 Å². The maximum absolute atomic E-state index is 9.47. The number of aromatic nitrogens is 1. The van der Waals surface area contributed by atoms with Gasteiger partial charge in [0.05, 0.1) is 30.3 Å². The molecule has 0 saturated heterocycles. The Balaban J connectivity index is 2.18. The third kappa shape index (κ3) is 1.66. The highest BCUT2D eigenvalue weighted by Crippen LogP contribution is 2.48. The van der Waals surface area contributed by atoms with Gasteiger partial charge in [-0.2, -0.15) is 5.26 Å². The summed E-state index contributed by atoms with van der Waals surface area (Å²) in [7, 11) is 1.61. The quantitative estimate of drug-likeness (QED) is 0.778. The van der Waals surface area contributed by atoms with Crippen molar-refractivity contribution in [3.63, 3.8) is 0 Å². The highest BCUT2D eigenvalue weighted by atomic mass is 16.5. The molecule has 2 aliphatic carbocycles. The summed E-state index contributed by atoms with van der Waals surface area (Å²) in [5.41, 5.74) is 9.24. The Kier molecular flexibility index (Phi) is 2.61. The summed E-state index contributed by atoms with van der Waals surface area (Å²) < 4.78 is 5.18. The second-order valence-corrected chi connectivity index (χ2v) is 5.55. The van der Waals surface area contributed by atoms with Gasteiger partial charge < -0.3 is 10.5 Å². The molecule has 4 heteroatoms. The van der Waals surface area contributed by atoms with Gasteiger partial charge in [-0.3, -0.25) is 0 Å². The molecule has 1 aromatic heterocycles. The zero-order valence-corrected chi connectivity index (χ0v) is 11.2. The molecule has 0 unspecified atom stereocenters. The van der Waals surface area contributed by atoms with Gasteiger partial charge in [0, 0.05) is 12.0 Å². The Morgan fingerprint density at radius 3 is 3.00 bits per heavy atom. The molecule has 1 heterocycles. The number of rotatable bonds is 1. The van der Waals surface area contributed by atoms with E-state index < -0.39 is 5.54 Å². The first kappa shape index (κ1) is 12.2. The van der Waals surface area contributed by atoms with Crippen molar-refractivity contribution in [1.82, 2.24) is 4.98 Å². The number of fused-ring (bicyclic) bond motifs is 4. The monoisotopic (exact) mass is 255 g/mol. The summed E-state index contributed by atoms with van der Waals surface area (Å²) in [6.45, 7) is 2.09. The SMILES string of the molecule is COc1ccc2c(n1)C[C@H]1C=C(C)C[C@]2(N)[C@@H]1C#N. The molecule has 0 amide bonds. The van der Waals surface area contributed by atoms with Crippen LogP contribution in [0.25, 0.3) is 0 Å². The Morgan fingerprint density at radius 1 is 1.53 bits per heavy atom. The van der Waals surface area contributed by atoms with Crippen molar-refractivity contribution in [2.45, 2.75) is 25.3 Å². The van der Waals surface area contributed by atoms with Crippen LogP contribution >= 0.6 is 0 Å². The lowest BCUT2D eigenvalue weighted by Gasteiger charge is -2.46. The molecule has 0 aliphatic heterocycles. The summed E-state index contributed by atoms with van der Waals surface area (Å²) in [5.74, 6) is 0.603. The number of allylic oxidation sites excluding steroid dienone is 1. The summed E-state index contributed by atoms with van der Waals surface area (Å²) in [6, 6.07) is 6.21. The molecular weight excluding hydrogens is 238 g/mol. The second-order valence-electron chi connectivity index (χ2n) is 5.55. The number of nitriles is 1. The molecule has 0 radical (unpaired) electrons. The average Bonchev–Trinajstić information content (AvgIpc) is 2.37. The van der Waals surface area contributed by atoms with E-state index in [1.165, 1.54) is 5.57 Å². The standard InChI is InChI=1S/C15H17N3O/c1-9-5-10-6-13-11(3-4-14(18-13)19-2)15(17,7-9)12(10)8-16/h3-5,10,12H,6-7,17H2,1-2H3/t10-,12-,15-/m1/s1. The molecule has 0 spiro atoms. The van der Waals surface area contributed by atoms with Crippen molar-refractivity contribution >= 4 is 0 Å². The first-order valence-corrected chi connectivity index (χ1v) is 6.48. The molecule has 2 aliphatic rings. The van der Waals surface area contributed by atoms with Crippen molar-refractivity contribution in [2.24, 2.45) is 17.6 Å². The maximum atomic E-state index is 9.47. The van der Waals surface area contributed by atoms with Gasteiger partial charge in [-0.25, -0.2) is 4.98 Å². The number of pyridine rings is 1. The van der Waals surface area contributed by atoms with E-state index in [4.69, 9.17) is 10.5 Å². The molecule has 0 aromatic carbocycles. The molecule has 0 fully saturated rings. The summed E-state index contributed by atoms with van der Waals surface area (Å²) in [6.07, 6.45) is 3.67. The number of hydrogen-bond acceptors (Lipinski definition) is 4. The molecular formula is C15H17N3O. The Morgan fingerprint density at radius 2 is 2.32 bits per heavy atom. The van der Waals surface area contributed by atoms with Crippen molar-refractivity contribution in [3.8, 4) is 11.9 Å². The lowest BCUT2D eigenvalue weighted by atomic mass is 9.60. The van der Waals surface area contributed by atoms with Crippen molar-refractivity contribution in [2.75, 3.05) is 7.11 Å². The summed E-state index contributed by atoms with van der Waals surface area (Å²) in [4.78, 5) is 4.51. The summed E-state index contributed by atoms with van der Waals surface area (Å²) >= 11 is 0. The van der Waals surface area contributed by atoms with Crippen LogP contribution in [0.15, 0.2) is 23.8 Å². The van der Waals surface area contributed by atoms with Crippen LogP contribution in [0.3, 0.4) is 0 Å². The van der Waals surface area contributed by atoms with E-state index in [2.05, 4.69) is 24.1 Å². The fourth-order valence-corrected chi connectivity index (χ4v) is 3.52. The van der Waals surface area contributed by atoms with E-state index in [1.807, 2.05) is 12.1 Å². The van der Waals surface area contributed by atoms with Crippen molar-refractivity contribution < 1.29 is 4.74 Å². The Hall–Kier alpha value is -1.86. The average molecular weight is 255 g/mol. The number of methoxy groups -OCH3 is 1. The molecule has 3 rings (SSSR count). The molecule has 19 heavy (non-hydrogen) atoms. The van der Waals surface area contributed by atoms with E-state index >= 15 is 0 Å². The Bertz CT molecular complexity index is 602.